The summed E-state index contributed by atoms with van der Waals surface area (Å²) in [6, 6.07) is 3.19. The van der Waals surface area contributed by atoms with Crippen LogP contribution in [0.5, 0.6) is 0 Å². The maximum absolute atomic E-state index is 12.3. The van der Waals surface area contributed by atoms with Crippen LogP contribution in [0.2, 0.25) is 0 Å². The van der Waals surface area contributed by atoms with Gasteiger partial charge in [0.1, 0.15) is 5.60 Å². The van der Waals surface area contributed by atoms with E-state index >= 15 is 0 Å². The van der Waals surface area contributed by atoms with Crippen molar-refractivity contribution in [2.24, 2.45) is 5.73 Å². The van der Waals surface area contributed by atoms with Gasteiger partial charge in [0.25, 0.3) is 0 Å². The number of hydrogen-bond acceptors (Lipinski definition) is 5. The highest BCUT2D eigenvalue weighted by Gasteiger charge is 2.27. The molecule has 1 aliphatic rings. The van der Waals surface area contributed by atoms with E-state index < -0.39 is 11.6 Å². The van der Waals surface area contributed by atoms with E-state index in [9.17, 15) is 9.59 Å². The molecule has 2 rings (SSSR count). The molecule has 6 N–H and O–H groups in total. The molecule has 25 heavy (non-hydrogen) atoms. The van der Waals surface area contributed by atoms with Crippen LogP contribution in [0.15, 0.2) is 12.1 Å². The van der Waals surface area contributed by atoms with Gasteiger partial charge in [0.05, 0.1) is 6.54 Å². The highest BCUT2D eigenvalue weighted by Crippen LogP contribution is 2.31. The number of benzene rings is 1. The topological polar surface area (TPSA) is 123 Å². The Morgan fingerprint density at radius 3 is 2.60 bits per heavy atom. The molecule has 0 aliphatic carbocycles. The van der Waals surface area contributed by atoms with Gasteiger partial charge in [-0.1, -0.05) is 0 Å². The van der Waals surface area contributed by atoms with Gasteiger partial charge in [-0.2, -0.15) is 0 Å². The smallest absolute Gasteiger partial charge is 0.410 e. The zero-order chi connectivity index (χ0) is 18.6. The van der Waals surface area contributed by atoms with Gasteiger partial charge in [-0.3, -0.25) is 0 Å². The average Bonchev–Trinajstić information content (AvgIpc) is 2.51. The minimum absolute atomic E-state index is 0.332. The Morgan fingerprint density at radius 2 is 1.96 bits per heavy atom. The van der Waals surface area contributed by atoms with Crippen molar-refractivity contribution in [1.82, 2.24) is 10.2 Å². The van der Waals surface area contributed by atoms with Gasteiger partial charge >= 0.3 is 12.1 Å². The molecule has 1 aromatic rings. The van der Waals surface area contributed by atoms with Gasteiger partial charge in [0.15, 0.2) is 0 Å². The first-order valence-electron chi connectivity index (χ1n) is 8.32. The standard InChI is InChI=1S/C17H27N5O3/c1-17(2,3)25-16(24)22-9-6-11-12(10-22)13(18)4-5-14(11)20-7-8-21-15(19)23/h4-5,20H,6-10,18H2,1-3H3,(H3,19,21,23). The Hall–Kier alpha value is -2.64. The highest BCUT2D eigenvalue weighted by molar-refractivity contribution is 5.72. The van der Waals surface area contributed by atoms with Crippen LogP contribution in [-0.4, -0.2) is 42.3 Å². The molecular formula is C17H27N5O3. The summed E-state index contributed by atoms with van der Waals surface area (Å²) in [4.78, 5) is 24.7. The summed E-state index contributed by atoms with van der Waals surface area (Å²) in [6.07, 6.45) is 0.354. The Labute approximate surface area is 147 Å². The van der Waals surface area contributed by atoms with Crippen molar-refractivity contribution in [2.45, 2.75) is 39.3 Å². The van der Waals surface area contributed by atoms with Crippen molar-refractivity contribution in [3.8, 4) is 0 Å². The number of rotatable bonds is 4. The van der Waals surface area contributed by atoms with Crippen LogP contribution in [0, 0.1) is 0 Å². The number of nitrogens with one attached hydrogen (secondary N) is 2. The molecule has 8 heteroatoms. The second-order valence-electron chi connectivity index (χ2n) is 7.03. The van der Waals surface area contributed by atoms with Gasteiger partial charge in [-0.25, -0.2) is 9.59 Å². The lowest BCUT2D eigenvalue weighted by Gasteiger charge is -2.32. The fourth-order valence-corrected chi connectivity index (χ4v) is 2.73. The summed E-state index contributed by atoms with van der Waals surface area (Å²) < 4.78 is 5.44. The number of amides is 3. The largest absolute Gasteiger partial charge is 0.444 e. The Bertz CT molecular complexity index is 654. The van der Waals surface area contributed by atoms with Gasteiger partial charge in [0, 0.05) is 31.0 Å². The zero-order valence-corrected chi connectivity index (χ0v) is 15.0. The number of nitrogens with two attached hydrogens (primary N) is 2. The molecule has 0 radical (unpaired) electrons. The maximum atomic E-state index is 12.3. The first kappa shape index (κ1) is 18.7. The number of ether oxygens (including phenoxy) is 1. The fourth-order valence-electron chi connectivity index (χ4n) is 2.73. The number of hydrogen-bond donors (Lipinski definition) is 4. The molecule has 8 nitrogen and oxygen atoms in total. The summed E-state index contributed by atoms with van der Waals surface area (Å²) in [7, 11) is 0. The molecule has 1 aliphatic heterocycles. The van der Waals surface area contributed by atoms with Crippen LogP contribution >= 0.6 is 0 Å². The Kier molecular flexibility index (Phi) is 5.61. The third-order valence-electron chi connectivity index (χ3n) is 3.84. The Morgan fingerprint density at radius 1 is 1.24 bits per heavy atom. The molecule has 0 spiro atoms. The van der Waals surface area contributed by atoms with Gasteiger partial charge in [-0.15, -0.1) is 0 Å². The van der Waals surface area contributed by atoms with E-state index in [1.807, 2.05) is 32.9 Å². The van der Waals surface area contributed by atoms with E-state index in [0.29, 0.717) is 38.3 Å². The van der Waals surface area contributed by atoms with Crippen LogP contribution in [-0.2, 0) is 17.7 Å². The van der Waals surface area contributed by atoms with Crippen LogP contribution < -0.4 is 22.1 Å². The van der Waals surface area contributed by atoms with Crippen molar-refractivity contribution in [1.29, 1.82) is 0 Å². The number of nitrogen functional groups attached to an aromatic ring is 1. The molecule has 0 unspecified atom stereocenters. The van der Waals surface area contributed by atoms with Crippen LogP contribution in [0.3, 0.4) is 0 Å². The molecular weight excluding hydrogens is 322 g/mol. The van der Waals surface area contributed by atoms with E-state index in [-0.39, 0.29) is 6.09 Å². The zero-order valence-electron chi connectivity index (χ0n) is 15.0. The van der Waals surface area contributed by atoms with Crippen LogP contribution in [0.25, 0.3) is 0 Å². The quantitative estimate of drug-likeness (QED) is 0.486. The first-order chi connectivity index (χ1) is 11.7. The van der Waals surface area contributed by atoms with E-state index in [2.05, 4.69) is 10.6 Å². The first-order valence-corrected chi connectivity index (χ1v) is 8.32. The molecule has 0 saturated carbocycles. The minimum Gasteiger partial charge on any atom is -0.444 e. The van der Waals surface area contributed by atoms with Gasteiger partial charge in [-0.05, 0) is 50.5 Å². The normalized spacial score (nSPS) is 13.8. The number of urea groups is 1. The number of carbonyl (C=O) groups is 2. The fraction of sp³-hybridized carbons (Fsp3) is 0.529. The monoisotopic (exact) mass is 349 g/mol. The number of anilines is 2. The lowest BCUT2D eigenvalue weighted by atomic mass is 9.96. The predicted molar refractivity (Wildman–Crippen MR) is 97.3 cm³/mol. The SMILES string of the molecule is CC(C)(C)OC(=O)N1CCc2c(NCCNC(N)=O)ccc(N)c2C1. The minimum atomic E-state index is -0.547. The molecule has 138 valence electrons. The molecule has 3 amide bonds. The van der Waals surface area contributed by atoms with Gasteiger partial charge in [0.2, 0.25) is 0 Å². The number of primary amides is 1. The molecule has 1 aromatic carbocycles. The van der Waals surface area contributed by atoms with E-state index in [0.717, 1.165) is 16.8 Å². The van der Waals surface area contributed by atoms with Crippen LogP contribution in [0.1, 0.15) is 31.9 Å². The third kappa shape index (κ3) is 5.17. The lowest BCUT2D eigenvalue weighted by Crippen LogP contribution is -2.40. The average molecular weight is 349 g/mol. The molecule has 0 bridgehead atoms. The summed E-state index contributed by atoms with van der Waals surface area (Å²) in [6.45, 7) is 7.51. The summed E-state index contributed by atoms with van der Waals surface area (Å²) in [5.41, 5.74) is 14.3. The van der Waals surface area contributed by atoms with E-state index in [4.69, 9.17) is 16.2 Å². The van der Waals surface area contributed by atoms with E-state index in [1.165, 1.54) is 0 Å². The van der Waals surface area contributed by atoms with Crippen molar-refractivity contribution >= 4 is 23.5 Å². The summed E-state index contributed by atoms with van der Waals surface area (Å²) >= 11 is 0. The Balaban J connectivity index is 2.07. The molecule has 0 aromatic heterocycles. The van der Waals surface area contributed by atoms with Crippen molar-refractivity contribution in [2.75, 3.05) is 30.7 Å². The molecule has 0 atom stereocenters. The van der Waals surface area contributed by atoms with Crippen molar-refractivity contribution in [3.63, 3.8) is 0 Å². The second-order valence-corrected chi connectivity index (χ2v) is 7.03. The number of carbonyl (C=O) groups excluding carboxylic acids is 2. The highest BCUT2D eigenvalue weighted by atomic mass is 16.6. The number of fused-ring (bicyclic) bond motifs is 1. The summed E-state index contributed by atoms with van der Waals surface area (Å²) in [5.74, 6) is 0. The van der Waals surface area contributed by atoms with Crippen LogP contribution in [0.4, 0.5) is 21.0 Å². The molecule has 0 saturated heterocycles. The number of nitrogens with zero attached hydrogens (tertiary/aromatic N) is 1. The van der Waals surface area contributed by atoms with Crippen molar-refractivity contribution in [3.05, 3.63) is 23.3 Å². The predicted octanol–water partition coefficient (Wildman–Crippen LogP) is 1.64. The van der Waals surface area contributed by atoms with Gasteiger partial charge < -0.3 is 31.7 Å². The second kappa shape index (κ2) is 7.50. The van der Waals surface area contributed by atoms with Crippen molar-refractivity contribution < 1.29 is 14.3 Å². The molecule has 1 heterocycles. The maximum Gasteiger partial charge on any atom is 0.410 e. The molecule has 0 fully saturated rings. The lowest BCUT2D eigenvalue weighted by molar-refractivity contribution is 0.0224. The summed E-state index contributed by atoms with van der Waals surface area (Å²) in [5, 5.41) is 5.81. The third-order valence-corrected chi connectivity index (χ3v) is 3.84. The van der Waals surface area contributed by atoms with E-state index in [1.54, 1.807) is 4.90 Å².